The lowest BCUT2D eigenvalue weighted by atomic mass is 9.93. The Balaban J connectivity index is 1.65. The van der Waals surface area contributed by atoms with E-state index in [-0.39, 0.29) is 18.0 Å². The molecule has 0 aliphatic carbocycles. The van der Waals surface area contributed by atoms with E-state index in [2.05, 4.69) is 36.9 Å². The van der Waals surface area contributed by atoms with E-state index in [1.807, 2.05) is 13.0 Å². The second kappa shape index (κ2) is 8.98. The zero-order valence-corrected chi connectivity index (χ0v) is 18.7. The van der Waals surface area contributed by atoms with E-state index in [0.717, 1.165) is 24.4 Å². The lowest BCUT2D eigenvalue weighted by Gasteiger charge is -2.39. The molecule has 2 aromatic carbocycles. The van der Waals surface area contributed by atoms with Crippen LogP contribution >= 0.6 is 11.8 Å². The van der Waals surface area contributed by atoms with Crippen molar-refractivity contribution in [2.24, 2.45) is 0 Å². The van der Waals surface area contributed by atoms with Gasteiger partial charge in [0.1, 0.15) is 5.82 Å². The van der Waals surface area contributed by atoms with Crippen molar-refractivity contribution in [1.29, 1.82) is 0 Å². The van der Waals surface area contributed by atoms with Gasteiger partial charge in [-0.2, -0.15) is 0 Å². The van der Waals surface area contributed by atoms with Crippen LogP contribution in [0.1, 0.15) is 49.4 Å². The van der Waals surface area contributed by atoms with Gasteiger partial charge in [-0.3, -0.25) is 4.90 Å². The number of halogens is 1. The molecule has 30 heavy (non-hydrogen) atoms. The van der Waals surface area contributed by atoms with Gasteiger partial charge in [0.2, 0.25) is 0 Å². The fourth-order valence-corrected chi connectivity index (χ4v) is 5.40. The molecule has 160 valence electrons. The molecule has 2 aliphatic heterocycles. The SMILES string of the molecule is CCOC(=O)N1CCN([C@@H]2Cc3ccc(F)cc3Sc3ccc(C(C)C)cc32)CC1. The first-order valence-electron chi connectivity index (χ1n) is 10.7. The Morgan fingerprint density at radius 1 is 1.13 bits per heavy atom. The summed E-state index contributed by atoms with van der Waals surface area (Å²) in [6, 6.07) is 12.1. The molecule has 0 aromatic heterocycles. The van der Waals surface area contributed by atoms with Crippen molar-refractivity contribution in [2.75, 3.05) is 32.8 Å². The molecule has 2 aromatic rings. The van der Waals surface area contributed by atoms with Crippen molar-refractivity contribution in [1.82, 2.24) is 9.80 Å². The number of amides is 1. The van der Waals surface area contributed by atoms with Gasteiger partial charge in [-0.1, -0.05) is 43.8 Å². The molecule has 0 bridgehead atoms. The van der Waals surface area contributed by atoms with Crippen LogP contribution in [0.15, 0.2) is 46.2 Å². The first-order valence-corrected chi connectivity index (χ1v) is 11.5. The lowest BCUT2D eigenvalue weighted by Crippen LogP contribution is -2.50. The first kappa shape index (κ1) is 21.2. The predicted molar refractivity (Wildman–Crippen MR) is 118 cm³/mol. The fourth-order valence-electron chi connectivity index (χ4n) is 4.26. The Morgan fingerprint density at radius 2 is 1.90 bits per heavy atom. The molecule has 0 unspecified atom stereocenters. The number of carbonyl (C=O) groups excluding carboxylic acids is 1. The molecule has 4 nitrogen and oxygen atoms in total. The van der Waals surface area contributed by atoms with Crippen LogP contribution < -0.4 is 0 Å². The maximum absolute atomic E-state index is 13.9. The smallest absolute Gasteiger partial charge is 0.409 e. The summed E-state index contributed by atoms with van der Waals surface area (Å²) in [7, 11) is 0. The Kier molecular flexibility index (Phi) is 6.34. The molecular formula is C24H29FN2O2S. The number of rotatable bonds is 3. The van der Waals surface area contributed by atoms with Crippen LogP contribution in [0.4, 0.5) is 9.18 Å². The van der Waals surface area contributed by atoms with Gasteiger partial charge in [0.25, 0.3) is 0 Å². The van der Waals surface area contributed by atoms with Crippen LogP contribution in [0.2, 0.25) is 0 Å². The quantitative estimate of drug-likeness (QED) is 0.649. The molecular weight excluding hydrogens is 399 g/mol. The normalized spacial score (nSPS) is 19.2. The molecule has 4 rings (SSSR count). The van der Waals surface area contributed by atoms with Crippen molar-refractivity contribution >= 4 is 17.9 Å². The number of piperazine rings is 1. The summed E-state index contributed by atoms with van der Waals surface area (Å²) < 4.78 is 19.1. The van der Waals surface area contributed by atoms with Gasteiger partial charge in [0, 0.05) is 42.0 Å². The number of hydrogen-bond donors (Lipinski definition) is 0. The van der Waals surface area contributed by atoms with E-state index in [1.54, 1.807) is 28.8 Å². The van der Waals surface area contributed by atoms with Crippen molar-refractivity contribution in [3.05, 3.63) is 58.9 Å². The number of carbonyl (C=O) groups is 1. The van der Waals surface area contributed by atoms with Gasteiger partial charge in [-0.15, -0.1) is 0 Å². The third-order valence-corrected chi connectivity index (χ3v) is 7.19. The number of benzene rings is 2. The second-order valence-corrected chi connectivity index (χ2v) is 9.33. The van der Waals surface area contributed by atoms with Gasteiger partial charge >= 0.3 is 6.09 Å². The van der Waals surface area contributed by atoms with Crippen LogP contribution in [0.3, 0.4) is 0 Å². The molecule has 0 N–H and O–H groups in total. The van der Waals surface area contributed by atoms with Crippen LogP contribution in [0, 0.1) is 5.82 Å². The van der Waals surface area contributed by atoms with E-state index in [9.17, 15) is 9.18 Å². The average molecular weight is 429 g/mol. The zero-order valence-electron chi connectivity index (χ0n) is 17.9. The van der Waals surface area contributed by atoms with Gasteiger partial charge in [-0.05, 0) is 54.2 Å². The Bertz CT molecular complexity index is 925. The van der Waals surface area contributed by atoms with Gasteiger partial charge < -0.3 is 9.64 Å². The molecule has 1 fully saturated rings. The van der Waals surface area contributed by atoms with Crippen molar-refractivity contribution in [3.8, 4) is 0 Å². The van der Waals surface area contributed by atoms with Gasteiger partial charge in [0.05, 0.1) is 6.61 Å². The molecule has 1 saturated heterocycles. The molecule has 1 amide bonds. The van der Waals surface area contributed by atoms with Gasteiger partial charge in [-0.25, -0.2) is 9.18 Å². The van der Waals surface area contributed by atoms with E-state index in [1.165, 1.54) is 21.6 Å². The van der Waals surface area contributed by atoms with E-state index in [4.69, 9.17) is 4.74 Å². The van der Waals surface area contributed by atoms with E-state index in [0.29, 0.717) is 25.6 Å². The maximum atomic E-state index is 13.9. The van der Waals surface area contributed by atoms with E-state index >= 15 is 0 Å². The highest BCUT2D eigenvalue weighted by atomic mass is 32.2. The van der Waals surface area contributed by atoms with Crippen molar-refractivity contribution in [2.45, 2.75) is 48.9 Å². The maximum Gasteiger partial charge on any atom is 0.409 e. The Labute approximate surface area is 182 Å². The van der Waals surface area contributed by atoms with Crippen LogP contribution in [0.25, 0.3) is 0 Å². The minimum absolute atomic E-state index is 0.192. The number of hydrogen-bond acceptors (Lipinski definition) is 4. The lowest BCUT2D eigenvalue weighted by molar-refractivity contribution is 0.0652. The first-order chi connectivity index (χ1) is 14.5. The Hall–Kier alpha value is -2.05. The van der Waals surface area contributed by atoms with Crippen molar-refractivity contribution < 1.29 is 13.9 Å². The fraction of sp³-hybridized carbons (Fsp3) is 0.458. The molecule has 0 saturated carbocycles. The molecule has 2 heterocycles. The minimum Gasteiger partial charge on any atom is -0.450 e. The monoisotopic (exact) mass is 428 g/mol. The summed E-state index contributed by atoms with van der Waals surface area (Å²) in [5, 5.41) is 0. The number of ether oxygens (including phenoxy) is 1. The summed E-state index contributed by atoms with van der Waals surface area (Å²) in [4.78, 5) is 18.6. The number of fused-ring (bicyclic) bond motifs is 2. The standard InChI is InChI=1S/C24H29FN2O2S/c1-4-29-24(28)27-11-9-26(10-12-27)21-14-18-5-7-19(25)15-23(18)30-22-8-6-17(16(2)3)13-20(21)22/h5-8,13,15-16,21H,4,9-12,14H2,1-3H3/t21-/m1/s1. The van der Waals surface area contributed by atoms with E-state index < -0.39 is 0 Å². The summed E-state index contributed by atoms with van der Waals surface area (Å²) >= 11 is 1.67. The molecule has 6 heteroatoms. The average Bonchev–Trinajstić information content (AvgIpc) is 2.89. The summed E-state index contributed by atoms with van der Waals surface area (Å²) in [5.41, 5.74) is 3.82. The highest BCUT2D eigenvalue weighted by molar-refractivity contribution is 7.99. The van der Waals surface area contributed by atoms with Crippen molar-refractivity contribution in [3.63, 3.8) is 0 Å². The minimum atomic E-state index is -0.225. The van der Waals surface area contributed by atoms with Gasteiger partial charge in [0.15, 0.2) is 0 Å². The topological polar surface area (TPSA) is 32.8 Å². The summed E-state index contributed by atoms with van der Waals surface area (Å²) in [6.07, 6.45) is 0.619. The van der Waals surface area contributed by atoms with Crippen LogP contribution in [0.5, 0.6) is 0 Å². The molecule has 2 aliphatic rings. The highest BCUT2D eigenvalue weighted by Gasteiger charge is 2.31. The Morgan fingerprint density at radius 3 is 2.60 bits per heavy atom. The molecule has 0 spiro atoms. The summed E-state index contributed by atoms with van der Waals surface area (Å²) in [6.45, 7) is 9.59. The third kappa shape index (κ3) is 4.35. The summed E-state index contributed by atoms with van der Waals surface area (Å²) in [5.74, 6) is 0.257. The highest BCUT2D eigenvalue weighted by Crippen LogP contribution is 2.44. The molecule has 1 atom stereocenters. The predicted octanol–water partition coefficient (Wildman–Crippen LogP) is 5.47. The number of nitrogens with zero attached hydrogens (tertiary/aromatic N) is 2. The second-order valence-electron chi connectivity index (χ2n) is 8.25. The molecule has 0 radical (unpaired) electrons. The third-order valence-electron chi connectivity index (χ3n) is 6.00. The zero-order chi connectivity index (χ0) is 21.3. The largest absolute Gasteiger partial charge is 0.450 e. The van der Waals surface area contributed by atoms with Crippen LogP contribution in [-0.2, 0) is 11.2 Å². The van der Waals surface area contributed by atoms with Crippen LogP contribution in [-0.4, -0.2) is 48.7 Å².